The summed E-state index contributed by atoms with van der Waals surface area (Å²) >= 11 is 12.3. The highest BCUT2D eigenvalue weighted by molar-refractivity contribution is 6.42. The van der Waals surface area contributed by atoms with Crippen molar-refractivity contribution in [1.29, 1.82) is 0 Å². The van der Waals surface area contributed by atoms with Crippen molar-refractivity contribution in [3.05, 3.63) is 63.9 Å². The summed E-state index contributed by atoms with van der Waals surface area (Å²) in [5.41, 5.74) is 1.44. The van der Waals surface area contributed by atoms with Gasteiger partial charge in [0, 0.05) is 11.6 Å². The first-order valence-corrected chi connectivity index (χ1v) is 8.44. The minimum Gasteiger partial charge on any atom is -0.386 e. The van der Waals surface area contributed by atoms with Crippen LogP contribution in [0.3, 0.4) is 0 Å². The van der Waals surface area contributed by atoms with E-state index in [0.717, 1.165) is 36.9 Å². The van der Waals surface area contributed by atoms with Crippen molar-refractivity contribution in [3.63, 3.8) is 0 Å². The third-order valence-electron chi connectivity index (χ3n) is 4.73. The maximum absolute atomic E-state index is 11.1. The lowest BCUT2D eigenvalue weighted by atomic mass is 9.65. The van der Waals surface area contributed by atoms with Gasteiger partial charge in [-0.2, -0.15) is 0 Å². The molecule has 1 aromatic carbocycles. The minimum absolute atomic E-state index is 0.333. The van der Waals surface area contributed by atoms with Crippen molar-refractivity contribution in [2.45, 2.75) is 43.6 Å². The highest BCUT2D eigenvalue weighted by Gasteiger charge is 2.42. The molecule has 0 bridgehead atoms. The molecule has 1 fully saturated rings. The Bertz CT molecular complexity index is 639. The van der Waals surface area contributed by atoms with Gasteiger partial charge in [-0.15, -0.1) is 0 Å². The van der Waals surface area contributed by atoms with E-state index in [9.17, 15) is 5.11 Å². The molecule has 4 heteroatoms. The summed E-state index contributed by atoms with van der Waals surface area (Å²) in [5.74, 6) is 0. The lowest BCUT2D eigenvalue weighted by Gasteiger charge is -2.41. The zero-order valence-electron chi connectivity index (χ0n) is 12.3. The van der Waals surface area contributed by atoms with Crippen molar-refractivity contribution in [1.82, 2.24) is 4.98 Å². The first-order valence-electron chi connectivity index (χ1n) is 7.68. The van der Waals surface area contributed by atoms with Gasteiger partial charge in [0.25, 0.3) is 0 Å². The van der Waals surface area contributed by atoms with Gasteiger partial charge >= 0.3 is 0 Å². The Labute approximate surface area is 141 Å². The van der Waals surface area contributed by atoms with Crippen molar-refractivity contribution in [2.75, 3.05) is 0 Å². The SMILES string of the molecule is OC(c1ccccn1)C1(c2ccc(Cl)c(Cl)c2)CCCCC1. The predicted molar refractivity (Wildman–Crippen MR) is 90.4 cm³/mol. The molecule has 1 saturated carbocycles. The second-order valence-electron chi connectivity index (χ2n) is 6.00. The van der Waals surface area contributed by atoms with E-state index >= 15 is 0 Å². The van der Waals surface area contributed by atoms with Crippen LogP contribution in [0.4, 0.5) is 0 Å². The van der Waals surface area contributed by atoms with Crippen molar-refractivity contribution >= 4 is 23.2 Å². The normalized spacial score (nSPS) is 18.9. The van der Waals surface area contributed by atoms with E-state index in [2.05, 4.69) is 4.98 Å². The molecule has 1 aromatic heterocycles. The van der Waals surface area contributed by atoms with Crippen LogP contribution in [-0.4, -0.2) is 10.1 Å². The first kappa shape index (κ1) is 15.8. The molecule has 0 radical (unpaired) electrons. The van der Waals surface area contributed by atoms with Gasteiger partial charge < -0.3 is 5.11 Å². The largest absolute Gasteiger partial charge is 0.386 e. The third-order valence-corrected chi connectivity index (χ3v) is 5.47. The Morgan fingerprint density at radius 1 is 1.00 bits per heavy atom. The van der Waals surface area contributed by atoms with Gasteiger partial charge in [-0.3, -0.25) is 4.98 Å². The maximum Gasteiger partial charge on any atom is 0.106 e. The molecule has 3 rings (SSSR count). The smallest absolute Gasteiger partial charge is 0.106 e. The van der Waals surface area contributed by atoms with Gasteiger partial charge in [0.2, 0.25) is 0 Å². The van der Waals surface area contributed by atoms with E-state index in [1.165, 1.54) is 6.42 Å². The van der Waals surface area contributed by atoms with Crippen LogP contribution >= 0.6 is 23.2 Å². The number of hydrogen-bond acceptors (Lipinski definition) is 2. The van der Waals surface area contributed by atoms with E-state index in [1.54, 1.807) is 6.20 Å². The van der Waals surface area contributed by atoms with Crippen LogP contribution in [0.1, 0.15) is 49.5 Å². The third kappa shape index (κ3) is 2.88. The summed E-state index contributed by atoms with van der Waals surface area (Å²) in [6.07, 6.45) is 6.37. The van der Waals surface area contributed by atoms with Crippen LogP contribution < -0.4 is 0 Å². The second kappa shape index (κ2) is 6.57. The first-order chi connectivity index (χ1) is 10.6. The van der Waals surface area contributed by atoms with Gasteiger partial charge in [0.05, 0.1) is 15.7 Å². The number of benzene rings is 1. The van der Waals surface area contributed by atoms with E-state index in [1.807, 2.05) is 36.4 Å². The van der Waals surface area contributed by atoms with Crippen molar-refractivity contribution < 1.29 is 5.11 Å². The van der Waals surface area contributed by atoms with Crippen LogP contribution in [0.25, 0.3) is 0 Å². The van der Waals surface area contributed by atoms with Crippen LogP contribution in [0, 0.1) is 0 Å². The van der Waals surface area contributed by atoms with Gasteiger partial charge in [0.15, 0.2) is 0 Å². The lowest BCUT2D eigenvalue weighted by Crippen LogP contribution is -2.36. The number of halogens is 2. The molecule has 0 amide bonds. The minimum atomic E-state index is -0.633. The number of hydrogen-bond donors (Lipinski definition) is 1. The summed E-state index contributed by atoms with van der Waals surface area (Å²) in [6.45, 7) is 0. The molecule has 1 aliphatic carbocycles. The number of aliphatic hydroxyl groups excluding tert-OH is 1. The Morgan fingerprint density at radius 2 is 1.77 bits per heavy atom. The topological polar surface area (TPSA) is 33.1 Å². The van der Waals surface area contributed by atoms with Gasteiger partial charge in [-0.25, -0.2) is 0 Å². The van der Waals surface area contributed by atoms with E-state index in [4.69, 9.17) is 23.2 Å². The maximum atomic E-state index is 11.1. The van der Waals surface area contributed by atoms with Gasteiger partial charge in [-0.1, -0.05) is 54.6 Å². The van der Waals surface area contributed by atoms with E-state index in [-0.39, 0.29) is 5.41 Å². The van der Waals surface area contributed by atoms with Crippen molar-refractivity contribution in [3.8, 4) is 0 Å². The summed E-state index contributed by atoms with van der Waals surface area (Å²) in [7, 11) is 0. The zero-order valence-corrected chi connectivity index (χ0v) is 13.8. The number of nitrogens with zero attached hydrogens (tertiary/aromatic N) is 1. The van der Waals surface area contributed by atoms with Gasteiger partial charge in [-0.05, 0) is 42.7 Å². The Morgan fingerprint density at radius 3 is 2.41 bits per heavy atom. The molecule has 0 saturated heterocycles. The number of pyridine rings is 1. The summed E-state index contributed by atoms with van der Waals surface area (Å²) < 4.78 is 0. The summed E-state index contributed by atoms with van der Waals surface area (Å²) in [4.78, 5) is 4.36. The Hall–Kier alpha value is -1.09. The number of aliphatic hydroxyl groups is 1. The lowest BCUT2D eigenvalue weighted by molar-refractivity contribution is 0.0495. The molecule has 1 unspecified atom stereocenters. The molecule has 2 nitrogen and oxygen atoms in total. The zero-order chi connectivity index (χ0) is 15.6. The Kier molecular flexibility index (Phi) is 4.72. The average molecular weight is 336 g/mol. The molecule has 1 N–H and O–H groups in total. The quantitative estimate of drug-likeness (QED) is 0.822. The number of rotatable bonds is 3. The molecule has 1 aliphatic rings. The number of aromatic nitrogens is 1. The van der Waals surface area contributed by atoms with E-state index < -0.39 is 6.10 Å². The molecule has 2 aromatic rings. The highest BCUT2D eigenvalue weighted by Crippen LogP contribution is 2.48. The van der Waals surface area contributed by atoms with Crippen LogP contribution in [0.2, 0.25) is 10.0 Å². The highest BCUT2D eigenvalue weighted by atomic mass is 35.5. The van der Waals surface area contributed by atoms with Gasteiger partial charge in [0.1, 0.15) is 6.10 Å². The van der Waals surface area contributed by atoms with Crippen molar-refractivity contribution in [2.24, 2.45) is 0 Å². The fraction of sp³-hybridized carbons (Fsp3) is 0.389. The van der Waals surface area contributed by atoms with E-state index in [0.29, 0.717) is 10.0 Å². The molecule has 116 valence electrons. The molecule has 22 heavy (non-hydrogen) atoms. The standard InChI is InChI=1S/C18H19Cl2NO/c19-14-8-7-13(12-15(14)20)18(9-3-1-4-10-18)17(22)16-6-2-5-11-21-16/h2,5-8,11-12,17,22H,1,3-4,9-10H2. The Balaban J connectivity index is 2.06. The van der Waals surface area contributed by atoms with Crippen LogP contribution in [-0.2, 0) is 5.41 Å². The fourth-order valence-corrected chi connectivity index (χ4v) is 3.83. The molecule has 1 heterocycles. The van der Waals surface area contributed by atoms with Crippen LogP contribution in [0.15, 0.2) is 42.6 Å². The fourth-order valence-electron chi connectivity index (χ4n) is 3.53. The molecular weight excluding hydrogens is 317 g/mol. The molecule has 0 aliphatic heterocycles. The molecule has 0 spiro atoms. The monoisotopic (exact) mass is 335 g/mol. The predicted octanol–water partition coefficient (Wildman–Crippen LogP) is 5.32. The average Bonchev–Trinajstić information content (AvgIpc) is 2.58. The second-order valence-corrected chi connectivity index (χ2v) is 6.82. The summed E-state index contributed by atoms with van der Waals surface area (Å²) in [6, 6.07) is 11.4. The summed E-state index contributed by atoms with van der Waals surface area (Å²) in [5, 5.41) is 12.2. The molecular formula is C18H19Cl2NO. The molecule has 1 atom stereocenters. The van der Waals surface area contributed by atoms with Crippen LogP contribution in [0.5, 0.6) is 0 Å².